The van der Waals surface area contributed by atoms with Crippen molar-refractivity contribution in [1.82, 2.24) is 15.6 Å². The van der Waals surface area contributed by atoms with Crippen LogP contribution in [-0.2, 0) is 49.5 Å². The van der Waals surface area contributed by atoms with Crippen molar-refractivity contribution >= 4 is 53.5 Å². The number of carbonyl (C=O) groups excluding carboxylic acids is 6. The highest BCUT2D eigenvalue weighted by Crippen LogP contribution is 2.26. The first-order chi connectivity index (χ1) is 29.3. The van der Waals surface area contributed by atoms with Crippen LogP contribution in [0.5, 0.6) is 0 Å². The number of hydrogen-bond donors (Lipinski definition) is 2. The van der Waals surface area contributed by atoms with Crippen molar-refractivity contribution in [1.29, 1.82) is 0 Å². The topological polar surface area (TPSA) is 176 Å². The zero-order valence-corrected chi connectivity index (χ0v) is 33.5. The number of benzene rings is 3. The molecule has 314 valence electrons. The normalized spacial score (nSPS) is 12.9. The lowest BCUT2D eigenvalue weighted by Crippen LogP contribution is -2.34. The lowest BCUT2D eigenvalue weighted by atomic mass is 10.0. The molecule has 6 amide bonds. The number of nitrogens with zero attached hydrogens (tertiary/aromatic N) is 4. The molecule has 3 aromatic rings. The van der Waals surface area contributed by atoms with Gasteiger partial charge in [-0.15, -0.1) is 0 Å². The minimum atomic E-state index is -0.302. The van der Waals surface area contributed by atoms with Crippen LogP contribution in [0, 0.1) is 11.8 Å². The lowest BCUT2D eigenvalue weighted by molar-refractivity contribution is -0.137. The smallest absolute Gasteiger partial charge is 0.253 e. The van der Waals surface area contributed by atoms with Crippen LogP contribution in [0.1, 0.15) is 60.8 Å². The summed E-state index contributed by atoms with van der Waals surface area (Å²) in [7, 11) is 0. The maximum atomic E-state index is 13.3. The number of anilines is 2. The third-order valence-electron chi connectivity index (χ3n) is 9.47. The van der Waals surface area contributed by atoms with Crippen LogP contribution in [-0.4, -0.2) is 106 Å². The largest absolute Gasteiger partial charge is 0.377 e. The van der Waals surface area contributed by atoms with Crippen molar-refractivity contribution in [3.8, 4) is 11.8 Å². The first kappa shape index (κ1) is 44.6. The molecule has 0 bridgehead atoms. The summed E-state index contributed by atoms with van der Waals surface area (Å²) < 4.78 is 16.7. The van der Waals surface area contributed by atoms with E-state index in [1.807, 2.05) is 48.5 Å². The standard InChI is InChI=1S/C45H50N6O9/c52-34-49(39-17-13-35(14-18-39)32-47-48-42(54)12-2-1-7-24-50-43(55)21-22-44(50)56)25-27-59-29-31-60-30-28-58-26-23-46-41(53)19-20-45(57)51-33-38-10-4-3-8-36(38)15-16-37-9-5-6-11-40(37)51/h3-6,8-11,13-14,17-18,21-22,32,34H,1-2,7,12,19-20,23-31,33H2,(H,46,53)(H,48,54)/b47-32+. The van der Waals surface area contributed by atoms with E-state index in [0.29, 0.717) is 90.8 Å². The van der Waals surface area contributed by atoms with Gasteiger partial charge in [0.15, 0.2) is 0 Å². The summed E-state index contributed by atoms with van der Waals surface area (Å²) in [6, 6.07) is 22.4. The number of carbonyl (C=O) groups is 6. The molecule has 2 heterocycles. The van der Waals surface area contributed by atoms with Gasteiger partial charge in [0.1, 0.15) is 0 Å². The van der Waals surface area contributed by atoms with E-state index >= 15 is 0 Å². The van der Waals surface area contributed by atoms with E-state index in [2.05, 4.69) is 27.7 Å². The van der Waals surface area contributed by atoms with E-state index < -0.39 is 0 Å². The highest BCUT2D eigenvalue weighted by atomic mass is 16.5. The second-order valence-corrected chi connectivity index (χ2v) is 13.7. The monoisotopic (exact) mass is 818 g/mol. The van der Waals surface area contributed by atoms with Crippen LogP contribution >= 0.6 is 0 Å². The molecule has 0 saturated carbocycles. The maximum Gasteiger partial charge on any atom is 0.253 e. The Hall–Kier alpha value is -6.47. The molecule has 0 saturated heterocycles. The zero-order valence-electron chi connectivity index (χ0n) is 33.5. The van der Waals surface area contributed by atoms with Crippen molar-refractivity contribution in [2.24, 2.45) is 5.10 Å². The van der Waals surface area contributed by atoms with Gasteiger partial charge in [0, 0.05) is 67.9 Å². The molecule has 2 aliphatic heterocycles. The third kappa shape index (κ3) is 14.4. The third-order valence-corrected chi connectivity index (χ3v) is 9.47. The highest BCUT2D eigenvalue weighted by molar-refractivity contribution is 6.12. The number of rotatable bonds is 25. The molecule has 3 aromatic carbocycles. The van der Waals surface area contributed by atoms with Gasteiger partial charge in [-0.05, 0) is 54.3 Å². The maximum absolute atomic E-state index is 13.3. The van der Waals surface area contributed by atoms with Crippen LogP contribution in [0.4, 0.5) is 11.4 Å². The molecular weight excluding hydrogens is 769 g/mol. The molecular formula is C45H50N6O9. The van der Waals surface area contributed by atoms with Gasteiger partial charge in [-0.3, -0.25) is 33.7 Å². The van der Waals surface area contributed by atoms with Crippen molar-refractivity contribution in [2.75, 3.05) is 69.1 Å². The SMILES string of the molecule is O=CN(CCOCCOCCOCCNC(=O)CCC(=O)N1Cc2ccccc2C#Cc2ccccc21)c1ccc(/C=N/NC(=O)CCCCCN2C(=O)C=CC2=O)cc1. The molecule has 0 unspecified atom stereocenters. The predicted molar refractivity (Wildman–Crippen MR) is 225 cm³/mol. The fraction of sp³-hybridized carbons (Fsp3) is 0.356. The fourth-order valence-corrected chi connectivity index (χ4v) is 6.23. The van der Waals surface area contributed by atoms with Crippen LogP contribution in [0.3, 0.4) is 0 Å². The van der Waals surface area contributed by atoms with Crippen LogP contribution in [0.15, 0.2) is 90.0 Å². The Bertz CT molecular complexity index is 2060. The summed E-state index contributed by atoms with van der Waals surface area (Å²) in [5.41, 5.74) is 7.24. The van der Waals surface area contributed by atoms with Gasteiger partial charge in [0.05, 0.1) is 58.1 Å². The van der Waals surface area contributed by atoms with E-state index in [1.165, 1.54) is 28.2 Å². The van der Waals surface area contributed by atoms with E-state index in [4.69, 9.17) is 14.2 Å². The number of nitrogens with one attached hydrogen (secondary N) is 2. The molecule has 0 aromatic heterocycles. The number of unbranched alkanes of at least 4 members (excludes halogenated alkanes) is 2. The van der Waals surface area contributed by atoms with Gasteiger partial charge >= 0.3 is 0 Å². The Balaban J connectivity index is 0.850. The summed E-state index contributed by atoms with van der Waals surface area (Å²) in [5.74, 6) is 5.16. The summed E-state index contributed by atoms with van der Waals surface area (Å²) in [6.45, 7) is 3.35. The molecule has 60 heavy (non-hydrogen) atoms. The Morgan fingerprint density at radius 1 is 0.733 bits per heavy atom. The van der Waals surface area contributed by atoms with Crippen LogP contribution < -0.4 is 20.5 Å². The van der Waals surface area contributed by atoms with Gasteiger partial charge in [-0.25, -0.2) is 5.43 Å². The molecule has 2 N–H and O–H groups in total. The number of hydrazone groups is 1. The van der Waals surface area contributed by atoms with Gasteiger partial charge in [-0.2, -0.15) is 5.10 Å². The molecule has 0 fully saturated rings. The van der Waals surface area contributed by atoms with Crippen molar-refractivity contribution in [2.45, 2.75) is 45.1 Å². The van der Waals surface area contributed by atoms with E-state index in [9.17, 15) is 28.8 Å². The van der Waals surface area contributed by atoms with Crippen LogP contribution in [0.25, 0.3) is 0 Å². The Morgan fingerprint density at radius 2 is 1.40 bits per heavy atom. The molecule has 2 aliphatic rings. The van der Waals surface area contributed by atoms with E-state index in [-0.39, 0.29) is 48.8 Å². The lowest BCUT2D eigenvalue weighted by Gasteiger charge is -2.26. The number of ether oxygens (including phenoxy) is 3. The minimum absolute atomic E-state index is 0.0581. The quantitative estimate of drug-likeness (QED) is 0.0324. The molecule has 0 aliphatic carbocycles. The van der Waals surface area contributed by atoms with E-state index in [1.54, 1.807) is 29.2 Å². The minimum Gasteiger partial charge on any atom is -0.377 e. The Morgan fingerprint density at radius 3 is 2.15 bits per heavy atom. The number of imide groups is 1. The van der Waals surface area contributed by atoms with Crippen LogP contribution in [0.2, 0.25) is 0 Å². The second kappa shape index (κ2) is 24.5. The molecule has 0 atom stereocenters. The highest BCUT2D eigenvalue weighted by Gasteiger charge is 2.23. The summed E-state index contributed by atoms with van der Waals surface area (Å²) in [6.07, 6.45) is 7.07. The number of amides is 6. The van der Waals surface area contributed by atoms with Gasteiger partial charge in [-0.1, -0.05) is 60.7 Å². The molecule has 0 spiro atoms. The van der Waals surface area contributed by atoms with Gasteiger partial charge in [0.2, 0.25) is 24.1 Å². The van der Waals surface area contributed by atoms with Crippen molar-refractivity contribution in [3.05, 3.63) is 107 Å². The molecule has 5 rings (SSSR count). The molecule has 15 nitrogen and oxygen atoms in total. The number of hydrogen-bond acceptors (Lipinski definition) is 10. The average molecular weight is 819 g/mol. The van der Waals surface area contributed by atoms with E-state index in [0.717, 1.165) is 34.4 Å². The molecule has 0 radical (unpaired) electrons. The number of fused-ring (bicyclic) bond motifs is 2. The zero-order chi connectivity index (χ0) is 42.4. The van der Waals surface area contributed by atoms with Gasteiger partial charge in [0.25, 0.3) is 11.8 Å². The van der Waals surface area contributed by atoms with Crippen molar-refractivity contribution in [3.63, 3.8) is 0 Å². The summed E-state index contributed by atoms with van der Waals surface area (Å²) >= 11 is 0. The Kier molecular flexibility index (Phi) is 18.2. The second-order valence-electron chi connectivity index (χ2n) is 13.7. The number of para-hydroxylation sites is 1. The summed E-state index contributed by atoms with van der Waals surface area (Å²) in [5, 5.41) is 6.79. The predicted octanol–water partition coefficient (Wildman–Crippen LogP) is 3.48. The molecule has 15 heteroatoms. The first-order valence-corrected chi connectivity index (χ1v) is 20.0. The van der Waals surface area contributed by atoms with Gasteiger partial charge < -0.3 is 29.3 Å². The fourth-order valence-electron chi connectivity index (χ4n) is 6.23. The summed E-state index contributed by atoms with van der Waals surface area (Å²) in [4.78, 5) is 77.1. The first-order valence-electron chi connectivity index (χ1n) is 20.0. The van der Waals surface area contributed by atoms with Crippen molar-refractivity contribution < 1.29 is 43.0 Å². The Labute approximate surface area is 349 Å². The average Bonchev–Trinajstić information content (AvgIpc) is 3.58.